The van der Waals surface area contributed by atoms with Gasteiger partial charge >= 0.3 is 12.1 Å². The van der Waals surface area contributed by atoms with E-state index in [-0.39, 0.29) is 30.2 Å². The van der Waals surface area contributed by atoms with E-state index in [2.05, 4.69) is 22.9 Å². The molecule has 3 heterocycles. The van der Waals surface area contributed by atoms with E-state index in [0.717, 1.165) is 5.57 Å². The molecule has 1 saturated heterocycles. The van der Waals surface area contributed by atoms with Crippen molar-refractivity contribution in [2.45, 2.75) is 58.3 Å². The Kier molecular flexibility index (Phi) is 9.99. The van der Waals surface area contributed by atoms with Gasteiger partial charge in [0, 0.05) is 49.6 Å². The van der Waals surface area contributed by atoms with Gasteiger partial charge in [-0.05, 0) is 62.1 Å². The Balaban J connectivity index is 1.67. The van der Waals surface area contributed by atoms with E-state index in [0.29, 0.717) is 43.7 Å². The molecule has 0 spiro atoms. The molecule has 6 atom stereocenters. The molecular weight excluding hydrogens is 527 g/mol. The molecule has 0 saturated carbocycles. The topological polar surface area (TPSA) is 108 Å². The fraction of sp³-hybridized carbons (Fsp3) is 0.516. The van der Waals surface area contributed by atoms with Crippen LogP contribution in [0.25, 0.3) is 11.8 Å². The molecule has 2 N–H and O–H groups in total. The van der Waals surface area contributed by atoms with Crippen LogP contribution in [-0.4, -0.2) is 86.6 Å². The number of aromatic nitrogens is 2. The highest BCUT2D eigenvalue weighted by molar-refractivity contribution is 5.71. The van der Waals surface area contributed by atoms with Gasteiger partial charge < -0.3 is 29.3 Å². The average molecular weight is 569 g/mol. The highest BCUT2D eigenvalue weighted by Crippen LogP contribution is 2.31. The zero-order chi connectivity index (χ0) is 29.7. The van der Waals surface area contributed by atoms with Gasteiger partial charge in [0.1, 0.15) is 11.9 Å². The van der Waals surface area contributed by atoms with Crippen LogP contribution in [0.15, 0.2) is 54.6 Å². The van der Waals surface area contributed by atoms with Gasteiger partial charge in [0.15, 0.2) is 0 Å². The van der Waals surface area contributed by atoms with Crippen molar-refractivity contribution in [2.24, 2.45) is 17.8 Å². The summed E-state index contributed by atoms with van der Waals surface area (Å²) in [7, 11) is 2.00. The summed E-state index contributed by atoms with van der Waals surface area (Å²) < 4.78 is 22.2. The number of halogens is 1. The number of carbonyl (C=O) groups is 2. The molecule has 0 aliphatic carbocycles. The van der Waals surface area contributed by atoms with Crippen LogP contribution in [0.3, 0.4) is 0 Å². The summed E-state index contributed by atoms with van der Waals surface area (Å²) in [6.45, 7) is 7.58. The average Bonchev–Trinajstić information content (AvgIpc) is 3.45. The van der Waals surface area contributed by atoms with Gasteiger partial charge in [0.05, 0.1) is 24.9 Å². The third-order valence-electron chi connectivity index (χ3n) is 8.25. The Labute approximate surface area is 240 Å². The van der Waals surface area contributed by atoms with Crippen LogP contribution in [0.5, 0.6) is 0 Å². The summed E-state index contributed by atoms with van der Waals surface area (Å²) in [5, 5.41) is 20.6. The van der Waals surface area contributed by atoms with Crippen molar-refractivity contribution >= 4 is 18.1 Å². The molecule has 222 valence electrons. The number of aliphatic hydroxyl groups excluding tert-OH is 1. The fourth-order valence-corrected chi connectivity index (χ4v) is 5.95. The summed E-state index contributed by atoms with van der Waals surface area (Å²) in [4.78, 5) is 32.7. The summed E-state index contributed by atoms with van der Waals surface area (Å²) in [5.74, 6) is -1.18. The van der Waals surface area contributed by atoms with E-state index in [1.165, 1.54) is 17.0 Å². The Bertz CT molecular complexity index is 1260. The molecule has 41 heavy (non-hydrogen) atoms. The number of carbonyl (C=O) groups excluding carboxylic acids is 1. The lowest BCUT2D eigenvalue weighted by atomic mass is 9.80. The van der Waals surface area contributed by atoms with Gasteiger partial charge in [-0.2, -0.15) is 0 Å². The molecule has 1 aromatic heterocycles. The predicted molar refractivity (Wildman–Crippen MR) is 154 cm³/mol. The highest BCUT2D eigenvalue weighted by atomic mass is 19.1. The molecule has 9 nitrogen and oxygen atoms in total. The molecule has 1 fully saturated rings. The van der Waals surface area contributed by atoms with Crippen LogP contribution < -0.4 is 0 Å². The minimum Gasteiger partial charge on any atom is -0.465 e. The molecule has 4 rings (SSSR count). The van der Waals surface area contributed by atoms with Crippen molar-refractivity contribution in [2.75, 3.05) is 26.7 Å². The second kappa shape index (κ2) is 13.4. The lowest BCUT2D eigenvalue weighted by Crippen LogP contribution is -2.57. The minimum atomic E-state index is -0.932. The van der Waals surface area contributed by atoms with E-state index in [1.807, 2.05) is 33.0 Å². The van der Waals surface area contributed by atoms with Crippen LogP contribution >= 0.6 is 0 Å². The number of aliphatic hydroxyl groups is 1. The number of ether oxygens (including phenoxy) is 1. The monoisotopic (exact) mass is 568 g/mol. The molecule has 0 bridgehead atoms. The van der Waals surface area contributed by atoms with E-state index in [1.54, 1.807) is 29.4 Å². The number of benzene rings is 1. The summed E-state index contributed by atoms with van der Waals surface area (Å²) in [6.07, 6.45) is 9.29. The van der Waals surface area contributed by atoms with Crippen molar-refractivity contribution in [1.82, 2.24) is 19.4 Å². The fourth-order valence-electron chi connectivity index (χ4n) is 5.95. The van der Waals surface area contributed by atoms with Crippen molar-refractivity contribution in [3.05, 3.63) is 66.0 Å². The van der Waals surface area contributed by atoms with Crippen molar-refractivity contribution in [3.63, 3.8) is 0 Å². The van der Waals surface area contributed by atoms with Crippen molar-refractivity contribution in [3.8, 4) is 5.69 Å². The van der Waals surface area contributed by atoms with Crippen molar-refractivity contribution < 1.29 is 28.9 Å². The van der Waals surface area contributed by atoms with Crippen LogP contribution in [0.2, 0.25) is 0 Å². The third-order valence-corrected chi connectivity index (χ3v) is 8.25. The summed E-state index contributed by atoms with van der Waals surface area (Å²) in [6, 6.07) is 4.43. The Morgan fingerprint density at radius 1 is 1.17 bits per heavy atom. The van der Waals surface area contributed by atoms with Crippen LogP contribution in [0.4, 0.5) is 9.18 Å². The number of nitrogens with zero attached hydrogens (tertiary/aromatic N) is 4. The number of likely N-dealkylation sites (N-methyl/N-ethyl adjacent to an activating group) is 1. The van der Waals surface area contributed by atoms with Gasteiger partial charge in [-0.25, -0.2) is 14.2 Å². The molecule has 0 radical (unpaired) electrons. The number of rotatable bonds is 4. The Morgan fingerprint density at radius 2 is 1.95 bits per heavy atom. The maximum Gasteiger partial charge on any atom is 0.407 e. The number of carboxylic acid groups (broad SMARTS) is 1. The second-order valence-electron chi connectivity index (χ2n) is 11.6. The van der Waals surface area contributed by atoms with E-state index in [4.69, 9.17) is 4.74 Å². The normalized spacial score (nSPS) is 29.8. The standard InChI is InChI=1S/C31H41FN4O5/c1-20-5-7-26(37)17-29(38)41-30(21(2)6-8-27(20)28-18-34(4)11-12-36(28)31(39)40)22(3)13-23-14-24(32)16-25(15-23)35-10-9-33-19-35/h6,8-10,13-16,19-21,26-28,30,37H,5,7,11-12,17-18H2,1-4H3,(H,39,40)/b8-6+,22-13+/t20-,21-,26+,27-,28?,30-/m0/s1. The van der Waals surface area contributed by atoms with E-state index in [9.17, 15) is 24.2 Å². The zero-order valence-corrected chi connectivity index (χ0v) is 24.2. The van der Waals surface area contributed by atoms with Crippen molar-refractivity contribution in [1.29, 1.82) is 0 Å². The number of hydrogen-bond donors (Lipinski definition) is 2. The number of cyclic esters (lactones) is 1. The first kappa shape index (κ1) is 30.5. The first-order chi connectivity index (χ1) is 19.5. The van der Waals surface area contributed by atoms with Gasteiger partial charge in [0.2, 0.25) is 0 Å². The van der Waals surface area contributed by atoms with Crippen LogP contribution in [0.1, 0.15) is 45.6 Å². The lowest BCUT2D eigenvalue weighted by molar-refractivity contribution is -0.151. The predicted octanol–water partition coefficient (Wildman–Crippen LogP) is 4.61. The van der Waals surface area contributed by atoms with E-state index < -0.39 is 30.1 Å². The highest BCUT2D eigenvalue weighted by Gasteiger charge is 2.37. The molecule has 2 aliphatic rings. The maximum absolute atomic E-state index is 14.5. The molecule has 10 heteroatoms. The maximum atomic E-state index is 14.5. The number of hydrogen-bond acceptors (Lipinski definition) is 6. The first-order valence-corrected chi connectivity index (χ1v) is 14.2. The molecule has 2 aromatic rings. The zero-order valence-electron chi connectivity index (χ0n) is 24.2. The largest absolute Gasteiger partial charge is 0.465 e. The number of piperazine rings is 1. The number of esters is 1. The summed E-state index contributed by atoms with van der Waals surface area (Å²) in [5.41, 5.74) is 1.95. The first-order valence-electron chi connectivity index (χ1n) is 14.2. The smallest absolute Gasteiger partial charge is 0.407 e. The van der Waals surface area contributed by atoms with Crippen LogP contribution in [0, 0.1) is 23.6 Å². The SMILES string of the molecule is C/C(=C\c1cc(F)cc(-n2ccnc2)c1)[C@H]1OC(=O)C[C@H](O)CC[C@H](C)[C@@H](C2CN(C)CCN2C(=O)O)/C=C/[C@@H]1C. The molecular formula is C31H41FN4O5. The van der Waals surface area contributed by atoms with Gasteiger partial charge in [-0.15, -0.1) is 0 Å². The molecule has 2 aliphatic heterocycles. The Morgan fingerprint density at radius 3 is 2.66 bits per heavy atom. The second-order valence-corrected chi connectivity index (χ2v) is 11.6. The third kappa shape index (κ3) is 7.83. The van der Waals surface area contributed by atoms with Gasteiger partial charge in [-0.1, -0.05) is 32.1 Å². The minimum absolute atomic E-state index is 0.0749. The van der Waals surface area contributed by atoms with E-state index >= 15 is 0 Å². The molecule has 1 unspecified atom stereocenters. The quantitative estimate of drug-likeness (QED) is 0.410. The number of amides is 1. The number of imidazole rings is 1. The van der Waals surface area contributed by atoms with Gasteiger partial charge in [0.25, 0.3) is 0 Å². The lowest BCUT2D eigenvalue weighted by Gasteiger charge is -2.43. The molecule has 1 amide bonds. The summed E-state index contributed by atoms with van der Waals surface area (Å²) >= 11 is 0. The van der Waals surface area contributed by atoms with Gasteiger partial charge in [-0.3, -0.25) is 4.79 Å². The molecule has 1 aromatic carbocycles. The Hall–Kier alpha value is -3.50. The van der Waals surface area contributed by atoms with Crippen LogP contribution in [-0.2, 0) is 9.53 Å².